The summed E-state index contributed by atoms with van der Waals surface area (Å²) in [4.78, 5) is 2.24. The third-order valence-corrected chi connectivity index (χ3v) is 3.98. The number of rotatable bonds is 5. The molecule has 1 aliphatic rings. The summed E-state index contributed by atoms with van der Waals surface area (Å²) in [7, 11) is 0. The minimum Gasteiger partial charge on any atom is -0.313 e. The Bertz CT molecular complexity index is 417. The third-order valence-electron chi connectivity index (χ3n) is 3.98. The number of likely N-dealkylation sites (N-methyl/N-ethyl adjacent to an activating group) is 1. The van der Waals surface area contributed by atoms with E-state index in [-0.39, 0.29) is 6.04 Å². The van der Waals surface area contributed by atoms with E-state index in [4.69, 9.17) is 0 Å². The summed E-state index contributed by atoms with van der Waals surface area (Å²) in [5.41, 5.74) is 0.571. The van der Waals surface area contributed by atoms with E-state index < -0.39 is 11.6 Å². The fourth-order valence-corrected chi connectivity index (χ4v) is 2.79. The van der Waals surface area contributed by atoms with Crippen LogP contribution in [0.1, 0.15) is 38.3 Å². The molecule has 0 bridgehead atoms. The van der Waals surface area contributed by atoms with Gasteiger partial charge < -0.3 is 5.32 Å². The van der Waals surface area contributed by atoms with Gasteiger partial charge in [-0.1, -0.05) is 13.0 Å². The van der Waals surface area contributed by atoms with Gasteiger partial charge >= 0.3 is 0 Å². The minimum absolute atomic E-state index is 0.0343. The van der Waals surface area contributed by atoms with Gasteiger partial charge in [0, 0.05) is 30.3 Å². The van der Waals surface area contributed by atoms with E-state index in [1.807, 2.05) is 6.92 Å². The molecule has 1 saturated heterocycles. The number of halogens is 2. The van der Waals surface area contributed by atoms with Crippen molar-refractivity contribution in [1.82, 2.24) is 10.2 Å². The standard InChI is InChI=1S/C15H22F2N2/c1-3-19(10-13-5-4-8-18-13)11(2)14-7-6-12(16)9-15(14)17/h6-7,9,11,13,18H,3-5,8,10H2,1-2H3. The van der Waals surface area contributed by atoms with Gasteiger partial charge in [0.05, 0.1) is 0 Å². The van der Waals surface area contributed by atoms with Crippen LogP contribution in [-0.2, 0) is 0 Å². The summed E-state index contributed by atoms with van der Waals surface area (Å²) < 4.78 is 26.8. The summed E-state index contributed by atoms with van der Waals surface area (Å²) in [6.07, 6.45) is 2.39. The van der Waals surface area contributed by atoms with Crippen molar-refractivity contribution in [2.45, 2.75) is 38.8 Å². The van der Waals surface area contributed by atoms with E-state index in [0.717, 1.165) is 25.7 Å². The van der Waals surface area contributed by atoms with Crippen molar-refractivity contribution < 1.29 is 8.78 Å². The highest BCUT2D eigenvalue weighted by molar-refractivity contribution is 5.21. The molecule has 106 valence electrons. The molecule has 2 atom stereocenters. The highest BCUT2D eigenvalue weighted by Gasteiger charge is 2.22. The molecule has 1 aromatic carbocycles. The van der Waals surface area contributed by atoms with Crippen molar-refractivity contribution >= 4 is 0 Å². The van der Waals surface area contributed by atoms with Crippen molar-refractivity contribution in [2.24, 2.45) is 0 Å². The van der Waals surface area contributed by atoms with Crippen LogP contribution in [0.2, 0.25) is 0 Å². The Kier molecular flexibility index (Phi) is 4.88. The number of benzene rings is 1. The topological polar surface area (TPSA) is 15.3 Å². The molecule has 1 fully saturated rings. The molecule has 0 aromatic heterocycles. The van der Waals surface area contributed by atoms with Crippen molar-refractivity contribution in [1.29, 1.82) is 0 Å². The normalized spacial score (nSPS) is 21.0. The van der Waals surface area contributed by atoms with E-state index in [0.29, 0.717) is 11.6 Å². The van der Waals surface area contributed by atoms with Crippen LogP contribution in [0.15, 0.2) is 18.2 Å². The molecule has 2 nitrogen and oxygen atoms in total. The van der Waals surface area contributed by atoms with E-state index in [1.165, 1.54) is 18.9 Å². The van der Waals surface area contributed by atoms with Gasteiger partial charge in [-0.25, -0.2) is 8.78 Å². The quantitative estimate of drug-likeness (QED) is 0.882. The highest BCUT2D eigenvalue weighted by atomic mass is 19.1. The number of nitrogens with zero attached hydrogens (tertiary/aromatic N) is 1. The summed E-state index contributed by atoms with van der Waals surface area (Å²) >= 11 is 0. The van der Waals surface area contributed by atoms with Crippen LogP contribution in [0.5, 0.6) is 0 Å². The molecule has 4 heteroatoms. The molecule has 0 spiro atoms. The molecule has 1 aromatic rings. The second-order valence-corrected chi connectivity index (χ2v) is 5.22. The van der Waals surface area contributed by atoms with Gasteiger partial charge in [-0.2, -0.15) is 0 Å². The summed E-state index contributed by atoms with van der Waals surface area (Å²) in [6, 6.07) is 4.31. The summed E-state index contributed by atoms with van der Waals surface area (Å²) in [5, 5.41) is 3.46. The van der Waals surface area contributed by atoms with Crippen LogP contribution in [-0.4, -0.2) is 30.6 Å². The van der Waals surface area contributed by atoms with Gasteiger partial charge in [0.2, 0.25) is 0 Å². The van der Waals surface area contributed by atoms with Gasteiger partial charge in [-0.15, -0.1) is 0 Å². The zero-order valence-electron chi connectivity index (χ0n) is 11.6. The molecule has 1 heterocycles. The first-order valence-electron chi connectivity index (χ1n) is 7.04. The van der Waals surface area contributed by atoms with Crippen molar-refractivity contribution in [3.8, 4) is 0 Å². The van der Waals surface area contributed by atoms with Gasteiger partial charge in [-0.05, 0) is 38.9 Å². The minimum atomic E-state index is -0.519. The van der Waals surface area contributed by atoms with Crippen molar-refractivity contribution in [2.75, 3.05) is 19.6 Å². The van der Waals surface area contributed by atoms with Crippen molar-refractivity contribution in [3.63, 3.8) is 0 Å². The van der Waals surface area contributed by atoms with Gasteiger partial charge in [0.1, 0.15) is 11.6 Å². The first-order valence-corrected chi connectivity index (χ1v) is 7.04. The molecule has 19 heavy (non-hydrogen) atoms. The Balaban J connectivity index is 2.08. The third kappa shape index (κ3) is 3.51. The maximum Gasteiger partial charge on any atom is 0.130 e. The van der Waals surface area contributed by atoms with Gasteiger partial charge in [0.25, 0.3) is 0 Å². The van der Waals surface area contributed by atoms with E-state index >= 15 is 0 Å². The Morgan fingerprint density at radius 3 is 2.79 bits per heavy atom. The van der Waals surface area contributed by atoms with E-state index in [2.05, 4.69) is 17.1 Å². The number of hydrogen-bond donors (Lipinski definition) is 1. The predicted octanol–water partition coefficient (Wildman–Crippen LogP) is 3.10. The second-order valence-electron chi connectivity index (χ2n) is 5.22. The molecule has 0 aliphatic carbocycles. The van der Waals surface area contributed by atoms with E-state index in [9.17, 15) is 8.78 Å². The van der Waals surface area contributed by atoms with Gasteiger partial charge in [0.15, 0.2) is 0 Å². The fourth-order valence-electron chi connectivity index (χ4n) is 2.79. The molecule has 2 rings (SSSR count). The first-order chi connectivity index (χ1) is 9.11. The average Bonchev–Trinajstić information content (AvgIpc) is 2.88. The van der Waals surface area contributed by atoms with Crippen LogP contribution < -0.4 is 5.32 Å². The smallest absolute Gasteiger partial charge is 0.130 e. The lowest BCUT2D eigenvalue weighted by molar-refractivity contribution is 0.199. The lowest BCUT2D eigenvalue weighted by Crippen LogP contribution is -2.39. The lowest BCUT2D eigenvalue weighted by atomic mass is 10.0. The Labute approximate surface area is 113 Å². The van der Waals surface area contributed by atoms with Crippen LogP contribution >= 0.6 is 0 Å². The van der Waals surface area contributed by atoms with Gasteiger partial charge in [-0.3, -0.25) is 4.90 Å². The predicted molar refractivity (Wildman–Crippen MR) is 73.0 cm³/mol. The first kappa shape index (κ1) is 14.4. The SMILES string of the molecule is CCN(CC1CCCN1)C(C)c1ccc(F)cc1F. The van der Waals surface area contributed by atoms with Crippen LogP contribution in [0.3, 0.4) is 0 Å². The zero-order valence-corrected chi connectivity index (χ0v) is 11.6. The largest absolute Gasteiger partial charge is 0.313 e. The molecule has 1 N–H and O–H groups in total. The van der Waals surface area contributed by atoms with Crippen LogP contribution in [0.4, 0.5) is 8.78 Å². The van der Waals surface area contributed by atoms with Crippen LogP contribution in [0, 0.1) is 11.6 Å². The molecule has 0 radical (unpaired) electrons. The summed E-state index contributed by atoms with van der Waals surface area (Å²) in [5.74, 6) is -0.973. The Hall–Kier alpha value is -1.00. The van der Waals surface area contributed by atoms with Crippen LogP contribution in [0.25, 0.3) is 0 Å². The molecule has 2 unspecified atom stereocenters. The summed E-state index contributed by atoms with van der Waals surface area (Å²) in [6.45, 7) is 6.90. The molecular formula is C15H22F2N2. The molecular weight excluding hydrogens is 246 g/mol. The molecule has 0 amide bonds. The maximum absolute atomic E-state index is 13.8. The monoisotopic (exact) mass is 268 g/mol. The van der Waals surface area contributed by atoms with Crippen molar-refractivity contribution in [3.05, 3.63) is 35.4 Å². The number of nitrogens with one attached hydrogen (secondary N) is 1. The Morgan fingerprint density at radius 1 is 1.42 bits per heavy atom. The highest BCUT2D eigenvalue weighted by Crippen LogP contribution is 2.24. The van der Waals surface area contributed by atoms with E-state index in [1.54, 1.807) is 6.07 Å². The molecule has 1 aliphatic heterocycles. The maximum atomic E-state index is 13.8. The Morgan fingerprint density at radius 2 is 2.21 bits per heavy atom. The molecule has 0 saturated carbocycles. The lowest BCUT2D eigenvalue weighted by Gasteiger charge is -2.30. The fraction of sp³-hybridized carbons (Fsp3) is 0.600. The number of hydrogen-bond acceptors (Lipinski definition) is 2. The zero-order chi connectivity index (χ0) is 13.8. The second kappa shape index (κ2) is 6.44. The average molecular weight is 268 g/mol.